The molecule has 2 aromatic rings. The first-order valence-corrected chi connectivity index (χ1v) is 6.60. The molecule has 0 atom stereocenters. The number of nitriles is 1. The molecule has 2 rings (SSSR count). The molecule has 0 bridgehead atoms. The maximum atomic E-state index is 12.0. The van der Waals surface area contributed by atoms with Crippen molar-refractivity contribution in [3.05, 3.63) is 64.6 Å². The number of carbonyl (C=O) groups excluding carboxylic acids is 1. The molecule has 1 amide bonds. The number of nitrogens with one attached hydrogen (secondary N) is 1. The van der Waals surface area contributed by atoms with Crippen molar-refractivity contribution in [3.8, 4) is 6.07 Å². The van der Waals surface area contributed by atoms with Gasteiger partial charge in [-0.3, -0.25) is 4.79 Å². The number of hydrogen-bond donors (Lipinski definition) is 1. The minimum Gasteiger partial charge on any atom is -0.467 e. The Hall–Kier alpha value is -2.80. The molecule has 1 N–H and O–H groups in total. The molecule has 0 aliphatic carbocycles. The van der Waals surface area contributed by atoms with Crippen LogP contribution in [0.3, 0.4) is 0 Å². The molecular formula is C17H16N2O2. The van der Waals surface area contributed by atoms with Gasteiger partial charge in [-0.15, -0.1) is 0 Å². The second kappa shape index (κ2) is 6.58. The van der Waals surface area contributed by atoms with Crippen LogP contribution in [0.1, 0.15) is 22.5 Å². The number of benzene rings is 1. The lowest BCUT2D eigenvalue weighted by atomic mass is 10.0. The Morgan fingerprint density at radius 1 is 1.38 bits per heavy atom. The lowest BCUT2D eigenvalue weighted by Gasteiger charge is -2.05. The number of rotatable bonds is 4. The van der Waals surface area contributed by atoms with Crippen LogP contribution < -0.4 is 5.32 Å². The van der Waals surface area contributed by atoms with E-state index in [1.54, 1.807) is 24.5 Å². The molecule has 4 heteroatoms. The first-order valence-electron chi connectivity index (χ1n) is 6.60. The predicted octanol–water partition coefficient (Wildman–Crippen LogP) is 3.12. The van der Waals surface area contributed by atoms with Gasteiger partial charge in [0.15, 0.2) is 0 Å². The molecule has 0 aliphatic heterocycles. The second-order valence-corrected chi connectivity index (χ2v) is 4.79. The Morgan fingerprint density at radius 3 is 2.86 bits per heavy atom. The lowest BCUT2D eigenvalue weighted by molar-refractivity contribution is -0.117. The molecule has 0 saturated heterocycles. The minimum absolute atomic E-state index is 0.0789. The zero-order valence-electron chi connectivity index (χ0n) is 12.0. The minimum atomic E-state index is -0.408. The molecule has 0 spiro atoms. The molecule has 21 heavy (non-hydrogen) atoms. The zero-order chi connectivity index (χ0) is 15.2. The van der Waals surface area contributed by atoms with Gasteiger partial charge >= 0.3 is 0 Å². The number of carbonyl (C=O) groups is 1. The number of aryl methyl sites for hydroxylation is 2. The molecule has 0 radical (unpaired) electrons. The fourth-order valence-electron chi connectivity index (χ4n) is 1.90. The highest BCUT2D eigenvalue weighted by Crippen LogP contribution is 2.14. The van der Waals surface area contributed by atoms with Crippen LogP contribution in [0.5, 0.6) is 0 Å². The fraction of sp³-hybridized carbons (Fsp3) is 0.176. The van der Waals surface area contributed by atoms with Gasteiger partial charge in [-0.2, -0.15) is 5.26 Å². The van der Waals surface area contributed by atoms with Crippen LogP contribution in [-0.2, 0) is 11.3 Å². The fourth-order valence-corrected chi connectivity index (χ4v) is 1.90. The summed E-state index contributed by atoms with van der Waals surface area (Å²) >= 11 is 0. The van der Waals surface area contributed by atoms with Crippen LogP contribution in [0.15, 0.2) is 46.6 Å². The van der Waals surface area contributed by atoms with E-state index in [-0.39, 0.29) is 12.1 Å². The van der Waals surface area contributed by atoms with Gasteiger partial charge in [0.05, 0.1) is 12.8 Å². The third-order valence-corrected chi connectivity index (χ3v) is 3.10. The zero-order valence-corrected chi connectivity index (χ0v) is 12.0. The number of hydrogen-bond acceptors (Lipinski definition) is 3. The van der Waals surface area contributed by atoms with Crippen LogP contribution in [-0.4, -0.2) is 5.91 Å². The van der Waals surface area contributed by atoms with Crippen LogP contribution >= 0.6 is 0 Å². The van der Waals surface area contributed by atoms with Crippen LogP contribution in [0.25, 0.3) is 6.08 Å². The lowest BCUT2D eigenvalue weighted by Crippen LogP contribution is -2.23. The second-order valence-electron chi connectivity index (χ2n) is 4.79. The van der Waals surface area contributed by atoms with Crippen LogP contribution in [0.4, 0.5) is 0 Å². The van der Waals surface area contributed by atoms with E-state index in [4.69, 9.17) is 4.42 Å². The molecule has 4 nitrogen and oxygen atoms in total. The molecule has 0 fully saturated rings. The van der Waals surface area contributed by atoms with Gasteiger partial charge in [0.1, 0.15) is 17.4 Å². The summed E-state index contributed by atoms with van der Waals surface area (Å²) in [5.74, 6) is 0.238. The summed E-state index contributed by atoms with van der Waals surface area (Å²) in [5, 5.41) is 11.8. The summed E-state index contributed by atoms with van der Waals surface area (Å²) < 4.78 is 5.13. The Labute approximate surface area is 123 Å². The summed E-state index contributed by atoms with van der Waals surface area (Å²) in [5.41, 5.74) is 3.06. The average Bonchev–Trinajstić information content (AvgIpc) is 2.99. The summed E-state index contributed by atoms with van der Waals surface area (Å²) in [6.07, 6.45) is 3.15. The van der Waals surface area contributed by atoms with Crippen molar-refractivity contribution in [2.45, 2.75) is 20.4 Å². The summed E-state index contributed by atoms with van der Waals surface area (Å²) in [4.78, 5) is 12.0. The summed E-state index contributed by atoms with van der Waals surface area (Å²) in [6.45, 7) is 4.18. The Balaban J connectivity index is 2.14. The molecule has 0 aliphatic rings. The Kier molecular flexibility index (Phi) is 4.57. The smallest absolute Gasteiger partial charge is 0.262 e. The van der Waals surface area contributed by atoms with E-state index in [1.165, 1.54) is 0 Å². The van der Waals surface area contributed by atoms with E-state index in [9.17, 15) is 10.1 Å². The van der Waals surface area contributed by atoms with E-state index in [2.05, 4.69) is 5.32 Å². The van der Waals surface area contributed by atoms with Gasteiger partial charge in [0.25, 0.3) is 5.91 Å². The Morgan fingerprint density at radius 2 is 2.19 bits per heavy atom. The van der Waals surface area contributed by atoms with E-state index in [0.717, 1.165) is 16.7 Å². The quantitative estimate of drug-likeness (QED) is 0.691. The average molecular weight is 280 g/mol. The SMILES string of the molecule is Cc1ccc(C)c(/C=C(\C#N)C(=O)NCc2ccco2)c1. The number of nitrogens with zero attached hydrogens (tertiary/aromatic N) is 1. The highest BCUT2D eigenvalue weighted by atomic mass is 16.3. The molecule has 1 aromatic carbocycles. The maximum absolute atomic E-state index is 12.0. The van der Waals surface area contributed by atoms with Gasteiger partial charge in [-0.25, -0.2) is 0 Å². The van der Waals surface area contributed by atoms with Gasteiger partial charge in [0, 0.05) is 0 Å². The van der Waals surface area contributed by atoms with E-state index in [1.807, 2.05) is 38.1 Å². The Bertz CT molecular complexity index is 707. The molecule has 0 saturated carbocycles. The largest absolute Gasteiger partial charge is 0.467 e. The third kappa shape index (κ3) is 3.83. The highest BCUT2D eigenvalue weighted by molar-refractivity contribution is 6.01. The van der Waals surface area contributed by atoms with Crippen molar-refractivity contribution in [1.29, 1.82) is 5.26 Å². The highest BCUT2D eigenvalue weighted by Gasteiger charge is 2.10. The number of amides is 1. The van der Waals surface area contributed by atoms with Gasteiger partial charge < -0.3 is 9.73 Å². The monoisotopic (exact) mass is 280 g/mol. The van der Waals surface area contributed by atoms with Crippen molar-refractivity contribution in [1.82, 2.24) is 5.32 Å². The first kappa shape index (κ1) is 14.6. The summed E-state index contributed by atoms with van der Waals surface area (Å²) in [6, 6.07) is 11.4. The normalized spacial score (nSPS) is 11.0. The van der Waals surface area contributed by atoms with Gasteiger partial charge in [0.2, 0.25) is 0 Å². The van der Waals surface area contributed by atoms with Crippen molar-refractivity contribution in [3.63, 3.8) is 0 Å². The van der Waals surface area contributed by atoms with Crippen molar-refractivity contribution < 1.29 is 9.21 Å². The standard InChI is InChI=1S/C17H16N2O2/c1-12-5-6-13(2)14(8-12)9-15(10-18)17(20)19-11-16-4-3-7-21-16/h3-9H,11H2,1-2H3,(H,19,20)/b15-9+. The van der Waals surface area contributed by atoms with E-state index < -0.39 is 5.91 Å². The van der Waals surface area contributed by atoms with Gasteiger partial charge in [-0.1, -0.05) is 23.8 Å². The summed E-state index contributed by atoms with van der Waals surface area (Å²) in [7, 11) is 0. The third-order valence-electron chi connectivity index (χ3n) is 3.10. The van der Waals surface area contributed by atoms with Gasteiger partial charge in [-0.05, 0) is 43.2 Å². The molecule has 0 unspecified atom stereocenters. The molecule has 1 heterocycles. The molecule has 1 aromatic heterocycles. The van der Waals surface area contributed by atoms with Crippen molar-refractivity contribution in [2.75, 3.05) is 0 Å². The van der Waals surface area contributed by atoms with Crippen LogP contribution in [0, 0.1) is 25.2 Å². The number of furan rings is 1. The molecule has 106 valence electrons. The van der Waals surface area contributed by atoms with Crippen molar-refractivity contribution >= 4 is 12.0 Å². The van der Waals surface area contributed by atoms with E-state index in [0.29, 0.717) is 5.76 Å². The topological polar surface area (TPSA) is 66.0 Å². The van der Waals surface area contributed by atoms with E-state index >= 15 is 0 Å². The molecular weight excluding hydrogens is 264 g/mol. The first-order chi connectivity index (χ1) is 10.1. The van der Waals surface area contributed by atoms with Crippen molar-refractivity contribution in [2.24, 2.45) is 0 Å². The predicted molar refractivity (Wildman–Crippen MR) is 80.1 cm³/mol. The maximum Gasteiger partial charge on any atom is 0.262 e. The van der Waals surface area contributed by atoms with Crippen LogP contribution in [0.2, 0.25) is 0 Å².